The second kappa shape index (κ2) is 8.40. The number of aliphatic hydroxyl groups excluding tert-OH is 1. The fourth-order valence-corrected chi connectivity index (χ4v) is 2.34. The van der Waals surface area contributed by atoms with Crippen molar-refractivity contribution in [2.24, 2.45) is 0 Å². The highest BCUT2D eigenvalue weighted by atomic mass is 79.9. The van der Waals surface area contributed by atoms with Gasteiger partial charge in [-0.05, 0) is 47.5 Å². The van der Waals surface area contributed by atoms with Crippen LogP contribution in [0.3, 0.4) is 0 Å². The summed E-state index contributed by atoms with van der Waals surface area (Å²) in [6, 6.07) is 5.13. The largest absolute Gasteiger partial charge is 0.483 e. The fraction of sp³-hybridized carbons (Fsp3) is 0.462. The van der Waals surface area contributed by atoms with Crippen LogP contribution in [0.25, 0.3) is 0 Å². The zero-order chi connectivity index (χ0) is 14.3. The molecule has 0 aliphatic heterocycles. The van der Waals surface area contributed by atoms with Gasteiger partial charge in [0.05, 0.1) is 4.47 Å². The quantitative estimate of drug-likeness (QED) is 0.822. The van der Waals surface area contributed by atoms with Gasteiger partial charge in [0.15, 0.2) is 6.61 Å². The van der Waals surface area contributed by atoms with E-state index in [4.69, 9.17) is 21.4 Å². The van der Waals surface area contributed by atoms with Crippen molar-refractivity contribution in [3.05, 3.63) is 27.7 Å². The lowest BCUT2D eigenvalue weighted by molar-refractivity contribution is -0.133. The number of benzene rings is 1. The predicted octanol–water partition coefficient (Wildman–Crippen LogP) is 2.71. The molecule has 0 saturated carbocycles. The van der Waals surface area contributed by atoms with Crippen molar-refractivity contribution in [2.75, 3.05) is 26.3 Å². The van der Waals surface area contributed by atoms with Gasteiger partial charge in [-0.1, -0.05) is 11.6 Å². The lowest BCUT2D eigenvalue weighted by atomic mass is 10.3. The third kappa shape index (κ3) is 5.38. The van der Waals surface area contributed by atoms with Crippen LogP contribution in [0.5, 0.6) is 5.75 Å². The molecule has 0 saturated heterocycles. The highest BCUT2D eigenvalue weighted by Crippen LogP contribution is 2.27. The Morgan fingerprint density at radius 3 is 2.84 bits per heavy atom. The first-order valence-electron chi connectivity index (χ1n) is 6.05. The number of aliphatic hydroxyl groups is 1. The molecule has 0 spiro atoms. The van der Waals surface area contributed by atoms with E-state index in [1.54, 1.807) is 23.1 Å². The second-order valence-electron chi connectivity index (χ2n) is 3.91. The molecule has 1 N–H and O–H groups in total. The van der Waals surface area contributed by atoms with Crippen molar-refractivity contribution in [3.63, 3.8) is 0 Å². The van der Waals surface area contributed by atoms with Crippen molar-refractivity contribution in [1.29, 1.82) is 0 Å². The van der Waals surface area contributed by atoms with Crippen LogP contribution in [-0.4, -0.2) is 42.2 Å². The van der Waals surface area contributed by atoms with E-state index in [9.17, 15) is 4.79 Å². The Labute approximate surface area is 126 Å². The first-order valence-corrected chi connectivity index (χ1v) is 7.22. The Bertz CT molecular complexity index is 428. The van der Waals surface area contributed by atoms with E-state index in [0.717, 1.165) is 0 Å². The summed E-state index contributed by atoms with van der Waals surface area (Å²) in [7, 11) is 0. The topological polar surface area (TPSA) is 49.8 Å². The van der Waals surface area contributed by atoms with Crippen molar-refractivity contribution in [3.8, 4) is 5.75 Å². The number of rotatable bonds is 7. The molecule has 0 bridgehead atoms. The van der Waals surface area contributed by atoms with Crippen LogP contribution in [0, 0.1) is 0 Å². The molecule has 0 heterocycles. The van der Waals surface area contributed by atoms with Gasteiger partial charge in [0, 0.05) is 24.7 Å². The van der Waals surface area contributed by atoms with Gasteiger partial charge >= 0.3 is 0 Å². The van der Waals surface area contributed by atoms with Gasteiger partial charge in [-0.3, -0.25) is 4.79 Å². The van der Waals surface area contributed by atoms with Gasteiger partial charge in [-0.15, -0.1) is 0 Å². The number of hydrogen-bond donors (Lipinski definition) is 1. The second-order valence-corrected chi connectivity index (χ2v) is 5.20. The molecule has 0 aliphatic rings. The van der Waals surface area contributed by atoms with Gasteiger partial charge in [-0.25, -0.2) is 0 Å². The standard InChI is InChI=1S/C13H17BrClNO3/c1-2-16(6-3-7-17)13(18)9-19-12-5-4-10(15)8-11(12)14/h4-5,8,17H,2-3,6-7,9H2,1H3. The molecule has 1 aromatic rings. The number of likely N-dealkylation sites (N-methyl/N-ethyl adjacent to an activating group) is 1. The lowest BCUT2D eigenvalue weighted by Crippen LogP contribution is -2.35. The van der Waals surface area contributed by atoms with Gasteiger partial charge < -0.3 is 14.7 Å². The Morgan fingerprint density at radius 1 is 1.53 bits per heavy atom. The summed E-state index contributed by atoms with van der Waals surface area (Å²) in [5.74, 6) is 0.480. The summed E-state index contributed by atoms with van der Waals surface area (Å²) in [4.78, 5) is 13.6. The van der Waals surface area contributed by atoms with E-state index in [1.165, 1.54) is 0 Å². The third-order valence-electron chi connectivity index (χ3n) is 2.57. The number of halogens is 2. The molecule has 0 fully saturated rings. The number of carbonyl (C=O) groups is 1. The minimum absolute atomic E-state index is 0.0283. The average molecular weight is 351 g/mol. The van der Waals surface area contributed by atoms with E-state index in [2.05, 4.69) is 15.9 Å². The van der Waals surface area contributed by atoms with Crippen molar-refractivity contribution >= 4 is 33.4 Å². The molecule has 106 valence electrons. The Hall–Kier alpha value is -0.780. The van der Waals surface area contributed by atoms with Crippen LogP contribution in [-0.2, 0) is 4.79 Å². The molecular weight excluding hydrogens is 334 g/mol. The predicted molar refractivity (Wildman–Crippen MR) is 78.6 cm³/mol. The lowest BCUT2D eigenvalue weighted by Gasteiger charge is -2.20. The van der Waals surface area contributed by atoms with Crippen LogP contribution >= 0.6 is 27.5 Å². The maximum Gasteiger partial charge on any atom is 0.260 e. The van der Waals surface area contributed by atoms with E-state index in [-0.39, 0.29) is 19.1 Å². The third-order valence-corrected chi connectivity index (χ3v) is 3.42. The molecule has 0 aliphatic carbocycles. The van der Waals surface area contributed by atoms with E-state index in [1.807, 2.05) is 6.92 Å². The molecule has 0 atom stereocenters. The first-order chi connectivity index (χ1) is 9.08. The SMILES string of the molecule is CCN(CCCO)C(=O)COc1ccc(Cl)cc1Br. The molecule has 19 heavy (non-hydrogen) atoms. The zero-order valence-corrected chi connectivity index (χ0v) is 13.1. The number of nitrogens with zero attached hydrogens (tertiary/aromatic N) is 1. The van der Waals surface area contributed by atoms with Crippen LogP contribution in [0.1, 0.15) is 13.3 Å². The molecular formula is C13H17BrClNO3. The summed E-state index contributed by atoms with van der Waals surface area (Å²) in [5, 5.41) is 9.38. The highest BCUT2D eigenvalue weighted by Gasteiger charge is 2.12. The molecule has 1 amide bonds. The highest BCUT2D eigenvalue weighted by molar-refractivity contribution is 9.10. The Morgan fingerprint density at radius 2 is 2.26 bits per heavy atom. The van der Waals surface area contributed by atoms with Crippen molar-refractivity contribution in [1.82, 2.24) is 4.90 Å². The number of amides is 1. The Kier molecular flexibility index (Phi) is 7.20. The van der Waals surface area contributed by atoms with Gasteiger partial charge in [0.1, 0.15) is 5.75 Å². The number of ether oxygens (including phenoxy) is 1. The van der Waals surface area contributed by atoms with Crippen molar-refractivity contribution < 1.29 is 14.6 Å². The normalized spacial score (nSPS) is 10.3. The van der Waals surface area contributed by atoms with E-state index < -0.39 is 0 Å². The average Bonchev–Trinajstić information content (AvgIpc) is 2.38. The molecule has 0 unspecified atom stereocenters. The number of carbonyl (C=O) groups excluding carboxylic acids is 1. The molecule has 0 aromatic heterocycles. The smallest absolute Gasteiger partial charge is 0.260 e. The van der Waals surface area contributed by atoms with Gasteiger partial charge in [-0.2, -0.15) is 0 Å². The fourth-order valence-electron chi connectivity index (χ4n) is 1.54. The zero-order valence-electron chi connectivity index (χ0n) is 10.7. The van der Waals surface area contributed by atoms with Gasteiger partial charge in [0.25, 0.3) is 5.91 Å². The molecule has 4 nitrogen and oxygen atoms in total. The molecule has 1 aromatic carbocycles. The monoisotopic (exact) mass is 349 g/mol. The summed E-state index contributed by atoms with van der Waals surface area (Å²) in [6.45, 7) is 3.08. The van der Waals surface area contributed by atoms with E-state index in [0.29, 0.717) is 34.8 Å². The minimum Gasteiger partial charge on any atom is -0.483 e. The maximum absolute atomic E-state index is 11.9. The molecule has 0 radical (unpaired) electrons. The summed E-state index contributed by atoms with van der Waals surface area (Å²) in [6.07, 6.45) is 0.574. The maximum atomic E-state index is 11.9. The van der Waals surface area contributed by atoms with Crippen LogP contribution in [0.15, 0.2) is 22.7 Å². The van der Waals surface area contributed by atoms with Crippen LogP contribution < -0.4 is 4.74 Å². The molecule has 1 rings (SSSR count). The molecule has 6 heteroatoms. The van der Waals surface area contributed by atoms with Crippen molar-refractivity contribution in [2.45, 2.75) is 13.3 Å². The Balaban J connectivity index is 2.52. The summed E-state index contributed by atoms with van der Waals surface area (Å²) in [5.41, 5.74) is 0. The summed E-state index contributed by atoms with van der Waals surface area (Å²) < 4.78 is 6.17. The van der Waals surface area contributed by atoms with E-state index >= 15 is 0 Å². The summed E-state index contributed by atoms with van der Waals surface area (Å²) >= 11 is 9.15. The number of hydrogen-bond acceptors (Lipinski definition) is 3. The minimum atomic E-state index is -0.0993. The van der Waals surface area contributed by atoms with Gasteiger partial charge in [0.2, 0.25) is 0 Å². The van der Waals surface area contributed by atoms with Crippen LogP contribution in [0.4, 0.5) is 0 Å². The first kappa shape index (κ1) is 16.3. The van der Waals surface area contributed by atoms with Crippen LogP contribution in [0.2, 0.25) is 5.02 Å².